The number of hydrogen-bond donors (Lipinski definition) is 2. The van der Waals surface area contributed by atoms with Gasteiger partial charge in [0, 0.05) is 32.2 Å². The molecule has 1 aliphatic rings. The Hall–Kier alpha value is -0.650. The van der Waals surface area contributed by atoms with Gasteiger partial charge in [0.15, 0.2) is 0 Å². The van der Waals surface area contributed by atoms with Gasteiger partial charge < -0.3 is 16.0 Å². The summed E-state index contributed by atoms with van der Waals surface area (Å²) in [7, 11) is 4.22. The van der Waals surface area contributed by atoms with Crippen LogP contribution in [-0.4, -0.2) is 68.1 Å². The quantitative estimate of drug-likeness (QED) is 0.729. The van der Waals surface area contributed by atoms with Crippen molar-refractivity contribution in [1.29, 1.82) is 0 Å². The number of likely N-dealkylation sites (N-methyl/N-ethyl adjacent to an activating group) is 2. The average Bonchev–Trinajstić information content (AvgIpc) is 2.27. The van der Waals surface area contributed by atoms with Crippen LogP contribution in [0.2, 0.25) is 0 Å². The number of carbonyl (C=O) groups excluding carboxylic acids is 1. The van der Waals surface area contributed by atoms with Crippen LogP contribution >= 0.6 is 0 Å². The molecule has 1 heterocycles. The van der Waals surface area contributed by atoms with Crippen molar-refractivity contribution in [3.05, 3.63) is 0 Å². The fourth-order valence-corrected chi connectivity index (χ4v) is 2.04. The van der Waals surface area contributed by atoms with E-state index in [1.807, 2.05) is 20.8 Å². The molecule has 0 spiro atoms. The lowest BCUT2D eigenvalue weighted by atomic mass is 9.87. The Balaban J connectivity index is 2.42. The van der Waals surface area contributed by atoms with Crippen LogP contribution in [0.4, 0.5) is 0 Å². The van der Waals surface area contributed by atoms with E-state index in [4.69, 9.17) is 5.73 Å². The third kappa shape index (κ3) is 4.23. The van der Waals surface area contributed by atoms with E-state index in [2.05, 4.69) is 29.2 Å². The van der Waals surface area contributed by atoms with Gasteiger partial charge in [-0.1, -0.05) is 20.8 Å². The molecule has 2 unspecified atom stereocenters. The second-order valence-electron chi connectivity index (χ2n) is 6.49. The van der Waals surface area contributed by atoms with E-state index in [0.717, 1.165) is 19.6 Å². The molecular weight excluding hydrogens is 228 g/mol. The summed E-state index contributed by atoms with van der Waals surface area (Å²) in [6.45, 7) is 9.74. The smallest absolute Gasteiger partial charge is 0.237 e. The second-order valence-corrected chi connectivity index (χ2v) is 6.49. The molecule has 1 rings (SSSR count). The maximum absolute atomic E-state index is 12.0. The molecule has 1 saturated heterocycles. The van der Waals surface area contributed by atoms with Gasteiger partial charge in [-0.3, -0.25) is 9.69 Å². The van der Waals surface area contributed by atoms with E-state index in [1.54, 1.807) is 0 Å². The molecule has 1 fully saturated rings. The molecule has 5 heteroatoms. The predicted octanol–water partition coefficient (Wildman–Crippen LogP) is -0.278. The number of amides is 1. The van der Waals surface area contributed by atoms with Crippen LogP contribution in [0.25, 0.3) is 0 Å². The molecule has 0 bridgehead atoms. The van der Waals surface area contributed by atoms with Gasteiger partial charge in [0.1, 0.15) is 0 Å². The number of nitrogens with one attached hydrogen (secondary N) is 1. The van der Waals surface area contributed by atoms with Gasteiger partial charge in [0.25, 0.3) is 0 Å². The predicted molar refractivity (Wildman–Crippen MR) is 74.4 cm³/mol. The van der Waals surface area contributed by atoms with Gasteiger partial charge in [-0.05, 0) is 19.5 Å². The number of nitrogens with zero attached hydrogens (tertiary/aromatic N) is 2. The maximum Gasteiger partial charge on any atom is 0.237 e. The van der Waals surface area contributed by atoms with E-state index in [9.17, 15) is 4.79 Å². The Labute approximate surface area is 111 Å². The fourth-order valence-electron chi connectivity index (χ4n) is 2.04. The monoisotopic (exact) mass is 256 g/mol. The molecule has 0 saturated carbocycles. The highest BCUT2D eigenvalue weighted by atomic mass is 16.2. The van der Waals surface area contributed by atoms with E-state index in [1.165, 1.54) is 0 Å². The molecule has 1 amide bonds. The molecule has 1 aliphatic heterocycles. The van der Waals surface area contributed by atoms with E-state index in [0.29, 0.717) is 12.6 Å². The van der Waals surface area contributed by atoms with Gasteiger partial charge in [0.2, 0.25) is 5.91 Å². The Morgan fingerprint density at radius 3 is 2.56 bits per heavy atom. The van der Waals surface area contributed by atoms with Gasteiger partial charge in [-0.2, -0.15) is 0 Å². The minimum atomic E-state index is -0.455. The first-order chi connectivity index (χ1) is 8.21. The summed E-state index contributed by atoms with van der Waals surface area (Å²) in [6, 6.07) is -0.0796. The molecule has 0 aromatic heterocycles. The summed E-state index contributed by atoms with van der Waals surface area (Å²) < 4.78 is 0. The summed E-state index contributed by atoms with van der Waals surface area (Å²) in [5, 5.41) is 2.98. The first-order valence-corrected chi connectivity index (χ1v) is 6.64. The number of hydrogen-bond acceptors (Lipinski definition) is 4. The van der Waals surface area contributed by atoms with Gasteiger partial charge >= 0.3 is 0 Å². The zero-order valence-corrected chi connectivity index (χ0v) is 12.4. The third-order valence-electron chi connectivity index (χ3n) is 3.71. The second kappa shape index (κ2) is 5.99. The van der Waals surface area contributed by atoms with Crippen LogP contribution in [0.15, 0.2) is 0 Å². The van der Waals surface area contributed by atoms with Crippen LogP contribution in [0.5, 0.6) is 0 Å². The Morgan fingerprint density at radius 2 is 2.00 bits per heavy atom. The van der Waals surface area contributed by atoms with Crippen molar-refractivity contribution in [1.82, 2.24) is 15.1 Å². The highest BCUT2D eigenvalue weighted by Crippen LogP contribution is 2.17. The average molecular weight is 256 g/mol. The van der Waals surface area contributed by atoms with Crippen LogP contribution in [0, 0.1) is 5.41 Å². The third-order valence-corrected chi connectivity index (χ3v) is 3.71. The van der Waals surface area contributed by atoms with Gasteiger partial charge in [0.05, 0.1) is 6.04 Å². The first-order valence-electron chi connectivity index (χ1n) is 6.64. The molecule has 5 nitrogen and oxygen atoms in total. The number of rotatable bonds is 3. The minimum Gasteiger partial charge on any atom is -0.353 e. The zero-order valence-electron chi connectivity index (χ0n) is 12.4. The van der Waals surface area contributed by atoms with Crippen LogP contribution in [-0.2, 0) is 4.79 Å². The van der Waals surface area contributed by atoms with Crippen molar-refractivity contribution >= 4 is 5.91 Å². The molecular formula is C13H28N4O. The fraction of sp³-hybridized carbons (Fsp3) is 0.923. The van der Waals surface area contributed by atoms with Crippen molar-refractivity contribution < 1.29 is 4.79 Å². The van der Waals surface area contributed by atoms with Crippen molar-refractivity contribution in [2.24, 2.45) is 11.1 Å². The van der Waals surface area contributed by atoms with Crippen LogP contribution < -0.4 is 11.1 Å². The summed E-state index contributed by atoms with van der Waals surface area (Å²) in [4.78, 5) is 16.5. The Bertz CT molecular complexity index is 287. The standard InChI is InChI=1S/C13H28N4O/c1-13(2,3)11(14)12(18)15-8-10-9-16(4)6-7-17(10)5/h10-11H,6-9,14H2,1-5H3,(H,15,18). The highest BCUT2D eigenvalue weighted by Gasteiger charge is 2.29. The van der Waals surface area contributed by atoms with Crippen LogP contribution in [0.1, 0.15) is 20.8 Å². The summed E-state index contributed by atoms with van der Waals surface area (Å²) >= 11 is 0. The van der Waals surface area contributed by atoms with Gasteiger partial charge in [-0.15, -0.1) is 0 Å². The molecule has 0 aromatic rings. The van der Waals surface area contributed by atoms with E-state index < -0.39 is 6.04 Å². The van der Waals surface area contributed by atoms with Gasteiger partial charge in [-0.25, -0.2) is 0 Å². The Kier molecular flexibility index (Phi) is 5.13. The SMILES string of the molecule is CN1CCN(C)C(CNC(=O)C(N)C(C)(C)C)C1. The number of carbonyl (C=O) groups is 1. The molecule has 106 valence electrons. The summed E-state index contributed by atoms with van der Waals surface area (Å²) in [5.74, 6) is -0.0517. The lowest BCUT2D eigenvalue weighted by Crippen LogP contribution is -2.56. The highest BCUT2D eigenvalue weighted by molar-refractivity contribution is 5.82. The number of piperazine rings is 1. The van der Waals surface area contributed by atoms with Crippen molar-refractivity contribution in [3.8, 4) is 0 Å². The molecule has 0 radical (unpaired) electrons. The van der Waals surface area contributed by atoms with Crippen molar-refractivity contribution in [2.75, 3.05) is 40.3 Å². The van der Waals surface area contributed by atoms with E-state index in [-0.39, 0.29) is 11.3 Å². The largest absolute Gasteiger partial charge is 0.353 e. The normalized spacial score (nSPS) is 24.9. The molecule has 18 heavy (non-hydrogen) atoms. The van der Waals surface area contributed by atoms with E-state index >= 15 is 0 Å². The molecule has 3 N–H and O–H groups in total. The Morgan fingerprint density at radius 1 is 1.39 bits per heavy atom. The topological polar surface area (TPSA) is 61.6 Å². The summed E-state index contributed by atoms with van der Waals surface area (Å²) in [5.41, 5.74) is 5.74. The first kappa shape index (κ1) is 15.4. The lowest BCUT2D eigenvalue weighted by molar-refractivity contribution is -0.124. The van der Waals surface area contributed by atoms with Crippen LogP contribution in [0.3, 0.4) is 0 Å². The minimum absolute atomic E-state index is 0.0517. The van der Waals surface area contributed by atoms with Crippen molar-refractivity contribution in [3.63, 3.8) is 0 Å². The molecule has 0 aliphatic carbocycles. The molecule has 0 aromatic carbocycles. The lowest BCUT2D eigenvalue weighted by Gasteiger charge is -2.38. The summed E-state index contributed by atoms with van der Waals surface area (Å²) in [6.07, 6.45) is 0. The number of nitrogens with two attached hydrogens (primary N) is 1. The van der Waals surface area contributed by atoms with Crippen molar-refractivity contribution in [2.45, 2.75) is 32.9 Å². The zero-order chi connectivity index (χ0) is 13.9. The maximum atomic E-state index is 12.0. The molecule has 2 atom stereocenters.